The number of benzene rings is 3. The van der Waals surface area contributed by atoms with E-state index in [-0.39, 0.29) is 5.78 Å². The summed E-state index contributed by atoms with van der Waals surface area (Å²) in [5, 5.41) is 0.722. The van der Waals surface area contributed by atoms with E-state index in [2.05, 4.69) is 50.1 Å². The molecule has 0 heterocycles. The maximum Gasteiger partial charge on any atom is 0.159 e. The van der Waals surface area contributed by atoms with E-state index in [9.17, 15) is 4.79 Å². The van der Waals surface area contributed by atoms with Gasteiger partial charge in [0.1, 0.15) is 0 Å². The zero-order valence-corrected chi connectivity index (χ0v) is 18.9. The largest absolute Gasteiger partial charge is 0.295 e. The van der Waals surface area contributed by atoms with Crippen molar-refractivity contribution < 1.29 is 4.79 Å². The Morgan fingerprint density at radius 2 is 1.29 bits per heavy atom. The van der Waals surface area contributed by atoms with Crippen molar-refractivity contribution in [1.29, 1.82) is 0 Å². The average Bonchev–Trinajstić information content (AvgIpc) is 2.75. The standard InChI is InChI=1S/C29H27ClO/c1-19(2)24-8-6-9-25(17-24)21(4)15-28-13-12-23(16-29(28)30)14-20(3)26-10-7-11-27(18-26)22(5)31/h6-13,16-18H,1,3-4,14-15H2,2,5H3. The lowest BCUT2D eigenvalue weighted by Crippen LogP contribution is -1.96. The van der Waals surface area contributed by atoms with Crippen LogP contribution in [0.15, 0.2) is 86.5 Å². The highest BCUT2D eigenvalue weighted by molar-refractivity contribution is 6.31. The highest BCUT2D eigenvalue weighted by Crippen LogP contribution is 2.28. The molecule has 3 aromatic carbocycles. The van der Waals surface area contributed by atoms with E-state index in [1.54, 1.807) is 6.92 Å². The average molecular weight is 427 g/mol. The highest BCUT2D eigenvalue weighted by atomic mass is 35.5. The van der Waals surface area contributed by atoms with Gasteiger partial charge in [-0.15, -0.1) is 0 Å². The fourth-order valence-corrected chi connectivity index (χ4v) is 3.76. The summed E-state index contributed by atoms with van der Waals surface area (Å²) < 4.78 is 0. The monoisotopic (exact) mass is 426 g/mol. The van der Waals surface area contributed by atoms with Gasteiger partial charge in [0.25, 0.3) is 0 Å². The van der Waals surface area contributed by atoms with E-state index < -0.39 is 0 Å². The van der Waals surface area contributed by atoms with Crippen LogP contribution in [0.2, 0.25) is 5.02 Å². The van der Waals surface area contributed by atoms with Gasteiger partial charge >= 0.3 is 0 Å². The molecule has 0 aliphatic carbocycles. The maximum absolute atomic E-state index is 11.6. The number of hydrogen-bond acceptors (Lipinski definition) is 1. The molecule has 0 amide bonds. The first-order valence-corrected chi connectivity index (χ1v) is 10.6. The molecule has 0 aliphatic heterocycles. The van der Waals surface area contributed by atoms with Crippen LogP contribution in [0.4, 0.5) is 0 Å². The molecule has 0 radical (unpaired) electrons. The van der Waals surface area contributed by atoms with Crippen molar-refractivity contribution in [2.24, 2.45) is 0 Å². The van der Waals surface area contributed by atoms with Crippen LogP contribution < -0.4 is 0 Å². The van der Waals surface area contributed by atoms with E-state index in [4.69, 9.17) is 11.6 Å². The molecule has 0 aliphatic rings. The van der Waals surface area contributed by atoms with Gasteiger partial charge in [-0.25, -0.2) is 0 Å². The predicted molar refractivity (Wildman–Crippen MR) is 135 cm³/mol. The van der Waals surface area contributed by atoms with E-state index in [0.717, 1.165) is 49.6 Å². The quantitative estimate of drug-likeness (QED) is 0.332. The molecule has 0 atom stereocenters. The molecule has 3 aromatic rings. The van der Waals surface area contributed by atoms with E-state index in [0.29, 0.717) is 18.4 Å². The molecule has 0 fully saturated rings. The Morgan fingerprint density at radius 3 is 1.87 bits per heavy atom. The van der Waals surface area contributed by atoms with Crippen LogP contribution in [0.25, 0.3) is 16.7 Å². The number of hydrogen-bond donors (Lipinski definition) is 0. The Bertz CT molecular complexity index is 1180. The summed E-state index contributed by atoms with van der Waals surface area (Å²) in [6.45, 7) is 16.1. The topological polar surface area (TPSA) is 17.1 Å². The van der Waals surface area contributed by atoms with Gasteiger partial charge < -0.3 is 0 Å². The second kappa shape index (κ2) is 9.76. The molecular weight excluding hydrogens is 400 g/mol. The third-order valence-corrected chi connectivity index (χ3v) is 5.73. The molecular formula is C29H27ClO. The minimum Gasteiger partial charge on any atom is -0.295 e. The number of carbonyl (C=O) groups is 1. The molecule has 3 rings (SSSR count). The van der Waals surface area contributed by atoms with Crippen LogP contribution in [-0.4, -0.2) is 5.78 Å². The van der Waals surface area contributed by atoms with Crippen LogP contribution in [-0.2, 0) is 12.8 Å². The van der Waals surface area contributed by atoms with Crippen LogP contribution in [0, 0.1) is 0 Å². The number of rotatable bonds is 8. The van der Waals surface area contributed by atoms with Crippen molar-refractivity contribution in [1.82, 2.24) is 0 Å². The van der Waals surface area contributed by atoms with Gasteiger partial charge in [-0.1, -0.05) is 85.4 Å². The van der Waals surface area contributed by atoms with Gasteiger partial charge in [0.15, 0.2) is 5.78 Å². The summed E-state index contributed by atoms with van der Waals surface area (Å²) in [6, 6.07) is 22.0. The van der Waals surface area contributed by atoms with Gasteiger partial charge in [0.05, 0.1) is 0 Å². The lowest BCUT2D eigenvalue weighted by Gasteiger charge is -2.12. The second-order valence-electron chi connectivity index (χ2n) is 7.98. The number of Topliss-reactive ketones (excluding diaryl/α,β-unsaturated/α-hetero) is 1. The fourth-order valence-electron chi connectivity index (χ4n) is 3.49. The Balaban J connectivity index is 1.73. The molecule has 1 nitrogen and oxygen atoms in total. The zero-order valence-electron chi connectivity index (χ0n) is 18.2. The van der Waals surface area contributed by atoms with E-state index in [1.807, 2.05) is 43.3 Å². The minimum absolute atomic E-state index is 0.0519. The summed E-state index contributed by atoms with van der Waals surface area (Å²) in [5.41, 5.74) is 9.01. The lowest BCUT2D eigenvalue weighted by molar-refractivity contribution is 0.101. The Labute approximate surface area is 190 Å². The van der Waals surface area contributed by atoms with Gasteiger partial charge in [0.2, 0.25) is 0 Å². The minimum atomic E-state index is 0.0519. The smallest absolute Gasteiger partial charge is 0.159 e. The lowest BCUT2D eigenvalue weighted by atomic mass is 9.94. The highest BCUT2D eigenvalue weighted by Gasteiger charge is 2.09. The van der Waals surface area contributed by atoms with E-state index in [1.165, 1.54) is 0 Å². The third-order valence-electron chi connectivity index (χ3n) is 5.38. The summed E-state index contributed by atoms with van der Waals surface area (Å²) in [4.78, 5) is 11.6. The van der Waals surface area contributed by atoms with Gasteiger partial charge in [-0.3, -0.25) is 4.79 Å². The second-order valence-corrected chi connectivity index (χ2v) is 8.39. The SMILES string of the molecule is C=C(C)c1cccc(C(=C)Cc2ccc(CC(=C)c3cccc(C(C)=O)c3)cc2Cl)c1. The summed E-state index contributed by atoms with van der Waals surface area (Å²) in [7, 11) is 0. The Morgan fingerprint density at radius 1 is 0.742 bits per heavy atom. The van der Waals surface area contributed by atoms with Crippen molar-refractivity contribution in [2.75, 3.05) is 0 Å². The zero-order chi connectivity index (χ0) is 22.5. The molecule has 0 N–H and O–H groups in total. The van der Waals surface area contributed by atoms with Crippen LogP contribution in [0.5, 0.6) is 0 Å². The van der Waals surface area contributed by atoms with E-state index >= 15 is 0 Å². The summed E-state index contributed by atoms with van der Waals surface area (Å²) in [6.07, 6.45) is 1.35. The summed E-state index contributed by atoms with van der Waals surface area (Å²) in [5.74, 6) is 0.0519. The molecule has 31 heavy (non-hydrogen) atoms. The number of carbonyl (C=O) groups excluding carboxylic acids is 1. The summed E-state index contributed by atoms with van der Waals surface area (Å²) >= 11 is 6.61. The van der Waals surface area contributed by atoms with Crippen LogP contribution >= 0.6 is 11.6 Å². The maximum atomic E-state index is 11.6. The van der Waals surface area contributed by atoms with Crippen LogP contribution in [0.1, 0.15) is 52.0 Å². The number of ketones is 1. The molecule has 0 bridgehead atoms. The first-order valence-electron chi connectivity index (χ1n) is 10.2. The van der Waals surface area contributed by atoms with Crippen molar-refractivity contribution >= 4 is 34.1 Å². The molecule has 0 saturated heterocycles. The molecule has 0 spiro atoms. The van der Waals surface area contributed by atoms with Crippen molar-refractivity contribution in [3.05, 3.63) is 125 Å². The molecule has 156 valence electrons. The first kappa shape index (κ1) is 22.5. The van der Waals surface area contributed by atoms with Gasteiger partial charge in [0, 0.05) is 10.6 Å². The predicted octanol–water partition coefficient (Wildman–Crippen LogP) is 8.09. The van der Waals surface area contributed by atoms with Gasteiger partial charge in [-0.2, -0.15) is 0 Å². The van der Waals surface area contributed by atoms with Gasteiger partial charge in [-0.05, 0) is 83.9 Å². The third kappa shape index (κ3) is 5.71. The normalized spacial score (nSPS) is 10.5. The number of allylic oxidation sites excluding steroid dienone is 3. The van der Waals surface area contributed by atoms with Crippen molar-refractivity contribution in [3.63, 3.8) is 0 Å². The Kier molecular flexibility index (Phi) is 7.09. The van der Waals surface area contributed by atoms with Crippen molar-refractivity contribution in [2.45, 2.75) is 26.7 Å². The first-order chi connectivity index (χ1) is 14.7. The Hall–Kier alpha value is -3.16. The van der Waals surface area contributed by atoms with Crippen LogP contribution in [0.3, 0.4) is 0 Å². The van der Waals surface area contributed by atoms with Crippen molar-refractivity contribution in [3.8, 4) is 0 Å². The number of halogens is 1. The molecule has 0 unspecified atom stereocenters. The molecule has 0 aromatic heterocycles. The fraction of sp³-hybridized carbons (Fsp3) is 0.138. The molecule has 0 saturated carbocycles. The molecule has 2 heteroatoms.